The van der Waals surface area contributed by atoms with Crippen LogP contribution < -0.4 is 35.9 Å². The highest BCUT2D eigenvalue weighted by atomic mass is 32.2. The van der Waals surface area contributed by atoms with Crippen LogP contribution in [0.25, 0.3) is 11.2 Å². The van der Waals surface area contributed by atoms with Crippen molar-refractivity contribution in [3.8, 4) is 0 Å². The number of ether oxygens (including phenoxy) is 1. The van der Waals surface area contributed by atoms with Gasteiger partial charge in [-0.2, -0.15) is 0 Å². The summed E-state index contributed by atoms with van der Waals surface area (Å²) < 4.78 is 60.3. The maximum absolute atomic E-state index is 12.5. The van der Waals surface area contributed by atoms with Gasteiger partial charge >= 0.3 is 0 Å². The van der Waals surface area contributed by atoms with Gasteiger partial charge in [-0.15, -0.1) is 0 Å². The van der Waals surface area contributed by atoms with Crippen molar-refractivity contribution in [3.05, 3.63) is 12.7 Å². The van der Waals surface area contributed by atoms with Crippen LogP contribution in [-0.4, -0.2) is 103 Å². The first-order valence-corrected chi connectivity index (χ1v) is 20.8. The van der Waals surface area contributed by atoms with Crippen LogP contribution in [0.3, 0.4) is 0 Å². The van der Waals surface area contributed by atoms with Gasteiger partial charge in [-0.1, -0.05) is 39.5 Å². The fraction of sp³-hybridized carbons (Fsp3) is 0.680. The molecule has 2 amide bonds. The average Bonchev–Trinajstić information content (AvgIpc) is 3.60. The predicted octanol–water partition coefficient (Wildman–Crippen LogP) is -3.21. The summed E-state index contributed by atoms with van der Waals surface area (Å²) in [4.78, 5) is 95.3. The van der Waals surface area contributed by atoms with Crippen molar-refractivity contribution < 1.29 is 80.5 Å². The number of aliphatic hydroxyl groups is 2. The first-order chi connectivity index (χ1) is 24.4. The van der Waals surface area contributed by atoms with E-state index in [-0.39, 0.29) is 47.5 Å². The van der Waals surface area contributed by atoms with Gasteiger partial charge < -0.3 is 69.0 Å². The molecule has 3 rings (SSSR count). The van der Waals surface area contributed by atoms with Crippen LogP contribution in [0.15, 0.2) is 12.7 Å². The molecule has 24 nitrogen and oxygen atoms in total. The van der Waals surface area contributed by atoms with E-state index < -0.39 is 84.6 Å². The molecule has 0 aliphatic carbocycles. The number of nitrogens with zero attached hydrogens (tertiary/aromatic N) is 4. The molecular formula is C25H38N7O17P3S-4. The van der Waals surface area contributed by atoms with Crippen molar-refractivity contribution in [3.63, 3.8) is 0 Å². The Balaban J connectivity index is 1.52. The highest BCUT2D eigenvalue weighted by Gasteiger charge is 2.47. The molecule has 7 atom stereocenters. The smallest absolute Gasteiger partial charge is 0.274 e. The second kappa shape index (κ2) is 18.5. The topological polar surface area (TPSA) is 375 Å². The second-order valence-electron chi connectivity index (χ2n) is 12.3. The first kappa shape index (κ1) is 45.0. The molecule has 0 radical (unpaired) electrons. The molecule has 1 aliphatic heterocycles. The summed E-state index contributed by atoms with van der Waals surface area (Å²) in [6.07, 6.45) is -7.56. The highest BCUT2D eigenvalue weighted by Crippen LogP contribution is 2.56. The molecule has 1 aliphatic rings. The zero-order chi connectivity index (χ0) is 39.9. The standard InChI is InChI=1S/C25H42N7O17P3S/c1-13(2)24(37)53-8-7-27-15(33)5-6-28-22(36)19(35)25(3,4)10-46-52(43,44)49-51(41,42)45-9-14-18(48-50(38,39)40)17(34)23(47-14)32-12-31-16-20(26)29-11-30-21(16)32/h11-14,17-19,23,34-35H,5-10H2,1-4H3,(H,27,33)(H,28,36)(H,41,42)(H,43,44)(H2,26,29,30)(H2,38,39,40)/p-4. The summed E-state index contributed by atoms with van der Waals surface area (Å²) in [5, 5.41) is 26.1. The van der Waals surface area contributed by atoms with E-state index in [2.05, 4.69) is 43.5 Å². The Bertz CT molecular complexity index is 1760. The molecular weight excluding hydrogens is 795 g/mol. The van der Waals surface area contributed by atoms with E-state index in [1.165, 1.54) is 13.8 Å². The Labute approximate surface area is 306 Å². The Morgan fingerprint density at radius 1 is 1.08 bits per heavy atom. The van der Waals surface area contributed by atoms with Crippen molar-refractivity contribution in [2.24, 2.45) is 11.3 Å². The van der Waals surface area contributed by atoms with E-state index in [9.17, 15) is 57.9 Å². The maximum atomic E-state index is 12.5. The minimum atomic E-state index is -5.91. The predicted molar refractivity (Wildman–Crippen MR) is 173 cm³/mol. The summed E-state index contributed by atoms with van der Waals surface area (Å²) in [6, 6.07) is 0. The molecule has 6 N–H and O–H groups in total. The van der Waals surface area contributed by atoms with Crippen LogP contribution in [-0.2, 0) is 50.7 Å². The zero-order valence-electron chi connectivity index (χ0n) is 28.5. The van der Waals surface area contributed by atoms with Gasteiger partial charge in [0.1, 0.15) is 36.3 Å². The van der Waals surface area contributed by atoms with Gasteiger partial charge in [-0.3, -0.25) is 28.1 Å². The normalized spacial score (nSPS) is 22.3. The summed E-state index contributed by atoms with van der Waals surface area (Å²) in [5.41, 5.74) is 4.07. The third-order valence-corrected chi connectivity index (χ3v) is 11.4. The molecule has 28 heteroatoms. The van der Waals surface area contributed by atoms with E-state index in [0.717, 1.165) is 29.0 Å². The molecule has 2 aromatic heterocycles. The van der Waals surface area contributed by atoms with Crippen molar-refractivity contribution >= 4 is 69.1 Å². The summed E-state index contributed by atoms with van der Waals surface area (Å²) >= 11 is 1.07. The van der Waals surface area contributed by atoms with Gasteiger partial charge in [0.25, 0.3) is 15.6 Å². The minimum absolute atomic E-state index is 0.0208. The molecule has 0 spiro atoms. The second-order valence-corrected chi connectivity index (χ2v) is 17.5. The van der Waals surface area contributed by atoms with E-state index in [1.807, 2.05) is 0 Å². The van der Waals surface area contributed by atoms with Crippen LogP contribution in [0.1, 0.15) is 40.3 Å². The van der Waals surface area contributed by atoms with E-state index in [1.54, 1.807) is 13.8 Å². The molecule has 3 heterocycles. The minimum Gasteiger partial charge on any atom is -0.790 e. The Kier molecular flexibility index (Phi) is 15.7. The monoisotopic (exact) mass is 833 g/mol. The molecule has 0 aromatic carbocycles. The number of aromatic nitrogens is 4. The number of phosphoric ester groups is 3. The van der Waals surface area contributed by atoms with Crippen LogP contribution in [0.4, 0.5) is 5.82 Å². The fourth-order valence-electron chi connectivity index (χ4n) is 4.43. The summed E-state index contributed by atoms with van der Waals surface area (Å²) in [7, 11) is -17.6. The Morgan fingerprint density at radius 3 is 2.38 bits per heavy atom. The lowest BCUT2D eigenvalue weighted by Crippen LogP contribution is -2.46. The quantitative estimate of drug-likeness (QED) is 0.0647. The molecule has 0 saturated carbocycles. The molecule has 1 fully saturated rings. The number of fused-ring (bicyclic) bond motifs is 1. The van der Waals surface area contributed by atoms with E-state index in [4.69, 9.17) is 10.5 Å². The van der Waals surface area contributed by atoms with Crippen LogP contribution in [0.2, 0.25) is 0 Å². The lowest BCUT2D eigenvalue weighted by atomic mass is 9.87. The lowest BCUT2D eigenvalue weighted by molar-refractivity contribution is -0.347. The lowest BCUT2D eigenvalue weighted by Gasteiger charge is -2.36. The third kappa shape index (κ3) is 13.4. The van der Waals surface area contributed by atoms with Crippen molar-refractivity contribution in [1.29, 1.82) is 0 Å². The number of rotatable bonds is 20. The van der Waals surface area contributed by atoms with Gasteiger partial charge in [0.05, 0.1) is 27.4 Å². The fourth-order valence-corrected chi connectivity index (χ4v) is 7.90. The van der Waals surface area contributed by atoms with Crippen molar-refractivity contribution in [1.82, 2.24) is 30.2 Å². The Morgan fingerprint density at radius 2 is 1.74 bits per heavy atom. The summed E-state index contributed by atoms with van der Waals surface area (Å²) in [6.45, 7) is 3.61. The number of carbonyl (C=O) groups excluding carboxylic acids is 3. The average molecular weight is 834 g/mol. The van der Waals surface area contributed by atoms with E-state index >= 15 is 0 Å². The number of nitrogen functional groups attached to an aromatic ring is 1. The number of anilines is 1. The number of hydrogen-bond donors (Lipinski definition) is 5. The van der Waals surface area contributed by atoms with Crippen molar-refractivity contribution in [2.75, 3.05) is 37.8 Å². The number of amides is 2. The van der Waals surface area contributed by atoms with E-state index in [0.29, 0.717) is 5.75 Å². The zero-order valence-corrected chi connectivity index (χ0v) is 32.0. The first-order valence-electron chi connectivity index (χ1n) is 15.4. The molecule has 53 heavy (non-hydrogen) atoms. The number of hydrogen-bond acceptors (Lipinski definition) is 22. The van der Waals surface area contributed by atoms with Crippen LogP contribution in [0.5, 0.6) is 0 Å². The van der Waals surface area contributed by atoms with Crippen molar-refractivity contribution in [2.45, 2.75) is 64.8 Å². The number of nitrogens with two attached hydrogens (primary N) is 1. The van der Waals surface area contributed by atoms with Gasteiger partial charge in [-0.05, 0) is 0 Å². The van der Waals surface area contributed by atoms with Gasteiger partial charge in [-0.25, -0.2) is 19.3 Å². The molecule has 2 aromatic rings. The number of imidazole rings is 1. The maximum Gasteiger partial charge on any atom is 0.274 e. The molecule has 7 unspecified atom stereocenters. The molecule has 0 bridgehead atoms. The van der Waals surface area contributed by atoms with Gasteiger partial charge in [0, 0.05) is 36.6 Å². The number of carbonyl (C=O) groups is 3. The SMILES string of the molecule is CC(C)C(=O)SCCNC(=O)CCNC(=O)C(O)C(C)(C)COP(=O)([O-])OP(=O)([O-])OCC1OC(n2cnc3c(N)ncnc32)C(O)C1OP(=O)([O-])[O-]. The van der Waals surface area contributed by atoms with Gasteiger partial charge in [0.15, 0.2) is 22.8 Å². The molecule has 1 saturated heterocycles. The van der Waals surface area contributed by atoms with Crippen LogP contribution in [0, 0.1) is 11.3 Å². The number of thioether (sulfide) groups is 1. The largest absolute Gasteiger partial charge is 0.790 e. The van der Waals surface area contributed by atoms with Crippen LogP contribution >= 0.6 is 35.2 Å². The Hall–Kier alpha value is -2.44. The highest BCUT2D eigenvalue weighted by molar-refractivity contribution is 8.13. The number of phosphoric acid groups is 3. The number of nitrogens with one attached hydrogen (secondary N) is 2. The third-order valence-electron chi connectivity index (χ3n) is 7.19. The number of aliphatic hydroxyl groups excluding tert-OH is 2. The van der Waals surface area contributed by atoms with Gasteiger partial charge in [0.2, 0.25) is 11.8 Å². The molecule has 300 valence electrons. The summed E-state index contributed by atoms with van der Waals surface area (Å²) in [5.74, 6) is -1.34.